The normalized spacial score (nSPS) is 21.3. The summed E-state index contributed by atoms with van der Waals surface area (Å²) in [7, 11) is 1.36. The molecule has 1 heterocycles. The summed E-state index contributed by atoms with van der Waals surface area (Å²) in [6, 6.07) is 15.4. The number of benzene rings is 3. The van der Waals surface area contributed by atoms with E-state index in [1.807, 2.05) is 20.8 Å². The molecule has 1 saturated heterocycles. The molecular formula is C32H33Cl2F2N3O4. The van der Waals surface area contributed by atoms with Gasteiger partial charge in [0.15, 0.2) is 0 Å². The van der Waals surface area contributed by atoms with Gasteiger partial charge in [-0.05, 0) is 66.8 Å². The summed E-state index contributed by atoms with van der Waals surface area (Å²) in [6.07, 6.45) is 0.566. The second-order valence-corrected chi connectivity index (χ2v) is 12.5. The molecule has 3 aromatic carbocycles. The van der Waals surface area contributed by atoms with Crippen LogP contribution in [0.15, 0.2) is 60.7 Å². The van der Waals surface area contributed by atoms with Gasteiger partial charge in [-0.15, -0.1) is 0 Å². The maximum absolute atomic E-state index is 15.2. The average molecular weight is 633 g/mol. The molecule has 1 fully saturated rings. The number of carboxylic acid groups (broad SMARTS) is 1. The maximum Gasteiger partial charge on any atom is 0.335 e. The lowest BCUT2D eigenvalue weighted by atomic mass is 9.67. The van der Waals surface area contributed by atoms with Crippen LogP contribution < -0.4 is 15.4 Å². The summed E-state index contributed by atoms with van der Waals surface area (Å²) >= 11 is 11.5. The minimum absolute atomic E-state index is 0.0000114. The Morgan fingerprint density at radius 1 is 1.12 bits per heavy atom. The zero-order valence-corrected chi connectivity index (χ0v) is 25.9. The Balaban J connectivity index is 0.000000546. The largest absolute Gasteiger partial charge is 0.495 e. The number of rotatable bonds is 6. The molecule has 4 atom stereocenters. The predicted molar refractivity (Wildman–Crippen MR) is 163 cm³/mol. The number of carbonyl (C=O) groups excluding carboxylic acids is 1. The number of nitrogens with zero attached hydrogens (tertiary/aromatic N) is 1. The van der Waals surface area contributed by atoms with Crippen molar-refractivity contribution in [2.24, 2.45) is 10.8 Å². The fraction of sp³-hybridized carbons (Fsp3) is 0.344. The number of nitrogens with one attached hydrogen (secondary N) is 2. The molecule has 228 valence electrons. The van der Waals surface area contributed by atoms with E-state index in [1.54, 1.807) is 31.2 Å². The molecule has 3 N–H and O–H groups in total. The van der Waals surface area contributed by atoms with Crippen LogP contribution in [-0.2, 0) is 4.79 Å². The van der Waals surface area contributed by atoms with E-state index in [4.69, 9.17) is 27.9 Å². The lowest BCUT2D eigenvalue weighted by molar-refractivity contribution is -0.118. The monoisotopic (exact) mass is 631 g/mol. The number of aromatic carboxylic acids is 1. The Hall–Kier alpha value is -3.71. The second kappa shape index (κ2) is 13.7. The van der Waals surface area contributed by atoms with Crippen LogP contribution in [0.2, 0.25) is 10.0 Å². The smallest absolute Gasteiger partial charge is 0.335 e. The Morgan fingerprint density at radius 3 is 2.33 bits per heavy atom. The molecule has 0 radical (unpaired) electrons. The Morgan fingerprint density at radius 2 is 1.79 bits per heavy atom. The van der Waals surface area contributed by atoms with Crippen LogP contribution in [0.5, 0.6) is 5.75 Å². The van der Waals surface area contributed by atoms with E-state index < -0.39 is 41.1 Å². The summed E-state index contributed by atoms with van der Waals surface area (Å²) in [5.41, 5.74) is -0.863. The molecule has 43 heavy (non-hydrogen) atoms. The third kappa shape index (κ3) is 8.02. The molecule has 7 nitrogen and oxygen atoms in total. The highest BCUT2D eigenvalue weighted by Crippen LogP contribution is 2.50. The van der Waals surface area contributed by atoms with E-state index in [1.165, 1.54) is 43.5 Å². The van der Waals surface area contributed by atoms with Gasteiger partial charge in [0.05, 0.1) is 40.9 Å². The summed E-state index contributed by atoms with van der Waals surface area (Å²) in [5.74, 6) is -3.28. The van der Waals surface area contributed by atoms with E-state index in [-0.39, 0.29) is 38.8 Å². The number of halogens is 4. The van der Waals surface area contributed by atoms with Crippen LogP contribution in [-0.4, -0.2) is 36.2 Å². The predicted octanol–water partition coefficient (Wildman–Crippen LogP) is 7.69. The average Bonchev–Trinajstić information content (AvgIpc) is 3.21. The van der Waals surface area contributed by atoms with Gasteiger partial charge in [-0.2, -0.15) is 5.26 Å². The standard InChI is InChI=1S/C26H29ClFN3O4.C6H4ClF/c1-25(2,3)12-19-26(4,13-29)20(15-7-6-8-16(27)21(15)28)22(31-19)23(32)30-17-10-9-14(24(33)34)11-18(17)35-5;7-5-2-1-3-6(8)4-5/h6-11,19-20,22,31H,12H2,1-5H3,(H,30,32)(H,33,34);1-4H/t19-,20-,22+,26+;/m0./s1. The van der Waals surface area contributed by atoms with E-state index in [2.05, 4.69) is 16.7 Å². The van der Waals surface area contributed by atoms with Crippen LogP contribution in [0.3, 0.4) is 0 Å². The number of ether oxygens (including phenoxy) is 1. The first-order valence-corrected chi connectivity index (χ1v) is 14.1. The van der Waals surface area contributed by atoms with Gasteiger partial charge in [0, 0.05) is 17.0 Å². The molecule has 0 spiro atoms. The molecule has 0 aliphatic carbocycles. The van der Waals surface area contributed by atoms with Crippen molar-refractivity contribution in [3.63, 3.8) is 0 Å². The third-order valence-electron chi connectivity index (χ3n) is 7.23. The first-order valence-electron chi connectivity index (χ1n) is 13.4. The van der Waals surface area contributed by atoms with Gasteiger partial charge >= 0.3 is 5.97 Å². The van der Waals surface area contributed by atoms with Gasteiger partial charge < -0.3 is 20.5 Å². The molecule has 1 aliphatic rings. The number of methoxy groups -OCH3 is 1. The SMILES string of the molecule is COc1cc(C(=O)O)ccc1NC(=O)[C@@H]1N[C@@H](CC(C)(C)C)[C@@](C)(C#N)[C@H]1c1cccc(Cl)c1F.Fc1cccc(Cl)c1. The first-order chi connectivity index (χ1) is 20.1. The molecule has 0 unspecified atom stereocenters. The second-order valence-electron chi connectivity index (χ2n) is 11.6. The number of anilines is 1. The molecule has 0 bridgehead atoms. The lowest BCUT2D eigenvalue weighted by Gasteiger charge is -2.33. The topological polar surface area (TPSA) is 111 Å². The Kier molecular flexibility index (Phi) is 10.8. The zero-order valence-electron chi connectivity index (χ0n) is 24.3. The molecule has 1 aliphatic heterocycles. The molecule has 4 rings (SSSR count). The number of hydrogen-bond acceptors (Lipinski definition) is 5. The highest BCUT2D eigenvalue weighted by atomic mass is 35.5. The molecule has 1 amide bonds. The van der Waals surface area contributed by atoms with Crippen molar-refractivity contribution in [2.75, 3.05) is 12.4 Å². The van der Waals surface area contributed by atoms with Crippen LogP contribution in [0.1, 0.15) is 56.0 Å². The van der Waals surface area contributed by atoms with E-state index >= 15 is 4.39 Å². The highest BCUT2D eigenvalue weighted by molar-refractivity contribution is 6.31. The van der Waals surface area contributed by atoms with E-state index in [0.717, 1.165) is 0 Å². The maximum atomic E-state index is 15.2. The number of hydrogen-bond donors (Lipinski definition) is 3. The van der Waals surface area contributed by atoms with Crippen LogP contribution in [0, 0.1) is 33.8 Å². The Bertz CT molecular complexity index is 1520. The van der Waals surface area contributed by atoms with Crippen LogP contribution in [0.25, 0.3) is 0 Å². The first kappa shape index (κ1) is 33.8. The summed E-state index contributed by atoms with van der Waals surface area (Å²) in [4.78, 5) is 24.9. The van der Waals surface area contributed by atoms with Crippen molar-refractivity contribution in [1.82, 2.24) is 5.32 Å². The summed E-state index contributed by atoms with van der Waals surface area (Å²) in [5, 5.41) is 25.9. The Labute approximate surface area is 259 Å². The zero-order chi connectivity index (χ0) is 32.1. The molecule has 3 aromatic rings. The van der Waals surface area contributed by atoms with Gasteiger partial charge in [0.2, 0.25) is 5.91 Å². The lowest BCUT2D eigenvalue weighted by Crippen LogP contribution is -2.42. The fourth-order valence-electron chi connectivity index (χ4n) is 5.17. The molecule has 11 heteroatoms. The third-order valence-corrected chi connectivity index (χ3v) is 7.76. The molecular weight excluding hydrogens is 599 g/mol. The van der Waals surface area contributed by atoms with Gasteiger partial charge in [-0.25, -0.2) is 13.6 Å². The summed E-state index contributed by atoms with van der Waals surface area (Å²) in [6.45, 7) is 7.83. The number of nitriles is 1. The minimum atomic E-state index is -1.13. The van der Waals surface area contributed by atoms with Crippen molar-refractivity contribution in [3.8, 4) is 11.8 Å². The van der Waals surface area contributed by atoms with Gasteiger partial charge in [-0.1, -0.05) is 62.2 Å². The molecule has 0 aromatic heterocycles. The van der Waals surface area contributed by atoms with Crippen molar-refractivity contribution in [3.05, 3.63) is 93.5 Å². The van der Waals surface area contributed by atoms with Crippen molar-refractivity contribution >= 4 is 40.8 Å². The van der Waals surface area contributed by atoms with Crippen molar-refractivity contribution < 1.29 is 28.2 Å². The number of carbonyl (C=O) groups is 2. The van der Waals surface area contributed by atoms with Crippen molar-refractivity contribution in [1.29, 1.82) is 5.26 Å². The highest BCUT2D eigenvalue weighted by Gasteiger charge is 2.56. The summed E-state index contributed by atoms with van der Waals surface area (Å²) < 4.78 is 32.6. The van der Waals surface area contributed by atoms with E-state index in [0.29, 0.717) is 11.4 Å². The van der Waals surface area contributed by atoms with Crippen LogP contribution in [0.4, 0.5) is 14.5 Å². The van der Waals surface area contributed by atoms with Gasteiger partial charge in [0.25, 0.3) is 0 Å². The van der Waals surface area contributed by atoms with Gasteiger partial charge in [0.1, 0.15) is 17.4 Å². The van der Waals surface area contributed by atoms with Crippen molar-refractivity contribution in [2.45, 2.75) is 52.1 Å². The minimum Gasteiger partial charge on any atom is -0.495 e. The van der Waals surface area contributed by atoms with E-state index in [9.17, 15) is 24.3 Å². The number of carboxylic acids is 1. The van der Waals surface area contributed by atoms with Gasteiger partial charge in [-0.3, -0.25) is 4.79 Å². The van der Waals surface area contributed by atoms with Crippen LogP contribution >= 0.6 is 23.2 Å². The molecule has 0 saturated carbocycles. The number of amides is 1. The quantitative estimate of drug-likeness (QED) is 0.257. The fourth-order valence-corrected chi connectivity index (χ4v) is 5.53.